The van der Waals surface area contributed by atoms with E-state index in [-0.39, 0.29) is 0 Å². The third-order valence-electron chi connectivity index (χ3n) is 9.26. The highest BCUT2D eigenvalue weighted by Gasteiger charge is 2.20. The number of hydrogen-bond acceptors (Lipinski definition) is 0. The van der Waals surface area contributed by atoms with Gasteiger partial charge in [-0.15, -0.1) is 0 Å². The van der Waals surface area contributed by atoms with Crippen molar-refractivity contribution in [1.29, 1.82) is 0 Å². The Kier molecular flexibility index (Phi) is 4.43. The predicted octanol–water partition coefficient (Wildman–Crippen LogP) is 9.81. The van der Waals surface area contributed by atoms with Crippen LogP contribution in [0.2, 0.25) is 0 Å². The number of nitrogens with zero attached hydrogens (tertiary/aromatic N) is 1. The first-order valence-electron chi connectivity index (χ1n) is 14.2. The number of hydrogen-bond donors (Lipinski definition) is 0. The Morgan fingerprint density at radius 2 is 0.875 bits per heavy atom. The average molecular weight is 510 g/mol. The maximum atomic E-state index is 2.40. The fraction of sp³-hybridized carbons (Fsp3) is 0.0769. The van der Waals surface area contributed by atoms with Crippen molar-refractivity contribution in [2.75, 3.05) is 0 Å². The summed E-state index contributed by atoms with van der Waals surface area (Å²) in [7, 11) is 2.18. The van der Waals surface area contributed by atoms with Gasteiger partial charge in [-0.25, -0.2) is 0 Å². The van der Waals surface area contributed by atoms with Crippen molar-refractivity contribution in [2.45, 2.75) is 12.8 Å². The Bertz CT molecular complexity index is 2170. The standard InChI is InChI=1S/C39H27N/c1-40-38-16-13-26(24-12-15-34-31(18-24)20-29-7-2-4-8-32(29)34)22-36(38)37-23-27(14-17-39(37)40)25-10-11-30-19-28-6-3-5-9-33(28)35(30)21-25/h2-18,21-23H,19-20H2,1H3. The van der Waals surface area contributed by atoms with Gasteiger partial charge in [0.2, 0.25) is 0 Å². The molecular formula is C39H27N. The molecule has 0 bridgehead atoms. The SMILES string of the molecule is Cn1c2ccc(-c3ccc4c(c3)Cc3ccccc3-4)cc2c2cc(-c3ccc4c(c3)-c3ccccc3C4)ccc21. The summed E-state index contributed by atoms with van der Waals surface area (Å²) in [6.07, 6.45) is 2.05. The van der Waals surface area contributed by atoms with E-state index in [2.05, 4.69) is 133 Å². The van der Waals surface area contributed by atoms with Crippen molar-refractivity contribution in [2.24, 2.45) is 7.05 Å². The highest BCUT2D eigenvalue weighted by atomic mass is 14.9. The molecule has 0 spiro atoms. The van der Waals surface area contributed by atoms with E-state index in [0.29, 0.717) is 0 Å². The average Bonchev–Trinajstić information content (AvgIpc) is 3.65. The molecule has 0 N–H and O–H groups in total. The third-order valence-corrected chi connectivity index (χ3v) is 9.26. The van der Waals surface area contributed by atoms with Crippen LogP contribution in [-0.2, 0) is 19.9 Å². The van der Waals surface area contributed by atoms with Crippen LogP contribution in [0.15, 0.2) is 121 Å². The van der Waals surface area contributed by atoms with E-state index in [1.54, 1.807) is 0 Å². The number of benzene rings is 6. The lowest BCUT2D eigenvalue weighted by Crippen LogP contribution is -1.87. The van der Waals surface area contributed by atoms with Crippen molar-refractivity contribution in [3.8, 4) is 44.5 Å². The predicted molar refractivity (Wildman–Crippen MR) is 168 cm³/mol. The highest BCUT2D eigenvalue weighted by molar-refractivity contribution is 6.10. The molecule has 1 nitrogen and oxygen atoms in total. The molecule has 2 aliphatic carbocycles. The maximum Gasteiger partial charge on any atom is 0.0489 e. The van der Waals surface area contributed by atoms with Gasteiger partial charge in [0.1, 0.15) is 0 Å². The van der Waals surface area contributed by atoms with Gasteiger partial charge in [-0.3, -0.25) is 0 Å². The summed E-state index contributed by atoms with van der Waals surface area (Å²) in [4.78, 5) is 0. The van der Waals surface area contributed by atoms with E-state index in [9.17, 15) is 0 Å². The molecule has 0 aliphatic heterocycles. The molecule has 1 aromatic heterocycles. The number of aryl methyl sites for hydroxylation is 1. The Balaban J connectivity index is 1.16. The Morgan fingerprint density at radius 3 is 1.57 bits per heavy atom. The summed E-state index contributed by atoms with van der Waals surface area (Å²) in [5.41, 5.74) is 18.9. The van der Waals surface area contributed by atoms with E-state index in [1.165, 1.54) is 88.6 Å². The fourth-order valence-corrected chi connectivity index (χ4v) is 7.21. The summed E-state index contributed by atoms with van der Waals surface area (Å²) in [5, 5.41) is 2.62. The van der Waals surface area contributed by atoms with Gasteiger partial charge in [0.15, 0.2) is 0 Å². The number of rotatable bonds is 2. The van der Waals surface area contributed by atoms with Crippen molar-refractivity contribution < 1.29 is 0 Å². The third kappa shape index (κ3) is 3.09. The maximum absolute atomic E-state index is 2.40. The summed E-state index contributed by atoms with van der Waals surface area (Å²) in [6, 6.07) is 45.6. The zero-order valence-electron chi connectivity index (χ0n) is 22.4. The smallest absolute Gasteiger partial charge is 0.0489 e. The quantitative estimate of drug-likeness (QED) is 0.219. The van der Waals surface area contributed by atoms with Gasteiger partial charge >= 0.3 is 0 Å². The summed E-state index contributed by atoms with van der Waals surface area (Å²) in [5.74, 6) is 0. The lowest BCUT2D eigenvalue weighted by Gasteiger charge is -2.08. The first-order valence-corrected chi connectivity index (χ1v) is 14.2. The van der Waals surface area contributed by atoms with Crippen LogP contribution in [0.1, 0.15) is 22.3 Å². The molecule has 0 saturated carbocycles. The molecule has 0 amide bonds. The lowest BCUT2D eigenvalue weighted by atomic mass is 9.96. The van der Waals surface area contributed by atoms with Crippen molar-refractivity contribution >= 4 is 21.8 Å². The fourth-order valence-electron chi connectivity index (χ4n) is 7.21. The van der Waals surface area contributed by atoms with Gasteiger partial charge in [0.05, 0.1) is 0 Å². The minimum Gasteiger partial charge on any atom is -0.344 e. The first kappa shape index (κ1) is 22.0. The monoisotopic (exact) mass is 509 g/mol. The van der Waals surface area contributed by atoms with Crippen molar-refractivity contribution in [3.63, 3.8) is 0 Å². The van der Waals surface area contributed by atoms with Gasteiger partial charge in [0.25, 0.3) is 0 Å². The van der Waals surface area contributed by atoms with Crippen LogP contribution in [0.4, 0.5) is 0 Å². The second-order valence-electron chi connectivity index (χ2n) is 11.4. The normalized spacial score (nSPS) is 12.9. The van der Waals surface area contributed by atoms with Crippen LogP contribution in [0, 0.1) is 0 Å². The molecule has 188 valence electrons. The molecule has 1 heteroatoms. The topological polar surface area (TPSA) is 4.93 Å². The zero-order valence-corrected chi connectivity index (χ0v) is 22.4. The van der Waals surface area contributed by atoms with Crippen LogP contribution < -0.4 is 0 Å². The van der Waals surface area contributed by atoms with E-state index in [1.807, 2.05) is 0 Å². The molecule has 0 atom stereocenters. The molecular weight excluding hydrogens is 482 g/mol. The molecule has 0 unspecified atom stereocenters. The van der Waals surface area contributed by atoms with Gasteiger partial charge in [-0.2, -0.15) is 0 Å². The molecule has 40 heavy (non-hydrogen) atoms. The van der Waals surface area contributed by atoms with Gasteiger partial charge in [-0.05, 0) is 110 Å². The molecule has 7 aromatic rings. The molecule has 9 rings (SSSR count). The van der Waals surface area contributed by atoms with E-state index >= 15 is 0 Å². The van der Waals surface area contributed by atoms with E-state index < -0.39 is 0 Å². The molecule has 1 heterocycles. The summed E-state index contributed by atoms with van der Waals surface area (Å²) < 4.78 is 2.33. The van der Waals surface area contributed by atoms with Gasteiger partial charge in [-0.1, -0.05) is 91.0 Å². The van der Waals surface area contributed by atoms with Crippen LogP contribution in [-0.4, -0.2) is 4.57 Å². The van der Waals surface area contributed by atoms with Crippen LogP contribution in [0.25, 0.3) is 66.3 Å². The zero-order chi connectivity index (χ0) is 26.4. The Morgan fingerprint density at radius 1 is 0.400 bits per heavy atom. The second-order valence-corrected chi connectivity index (χ2v) is 11.4. The molecule has 0 saturated heterocycles. The van der Waals surface area contributed by atoms with E-state index in [0.717, 1.165) is 12.8 Å². The molecule has 6 aromatic carbocycles. The second kappa shape index (κ2) is 8.07. The molecule has 0 fully saturated rings. The van der Waals surface area contributed by atoms with Crippen LogP contribution in [0.3, 0.4) is 0 Å². The van der Waals surface area contributed by atoms with Crippen molar-refractivity contribution in [1.82, 2.24) is 4.57 Å². The molecule has 0 radical (unpaired) electrons. The van der Waals surface area contributed by atoms with Gasteiger partial charge < -0.3 is 4.57 Å². The van der Waals surface area contributed by atoms with E-state index in [4.69, 9.17) is 0 Å². The number of fused-ring (bicyclic) bond motifs is 9. The van der Waals surface area contributed by atoms with Crippen LogP contribution >= 0.6 is 0 Å². The summed E-state index contributed by atoms with van der Waals surface area (Å²) in [6.45, 7) is 0. The summed E-state index contributed by atoms with van der Waals surface area (Å²) >= 11 is 0. The van der Waals surface area contributed by atoms with Crippen LogP contribution in [0.5, 0.6) is 0 Å². The Hall–Kier alpha value is -4.88. The number of aromatic nitrogens is 1. The minimum atomic E-state index is 1.02. The van der Waals surface area contributed by atoms with Crippen molar-refractivity contribution in [3.05, 3.63) is 144 Å². The minimum absolute atomic E-state index is 1.02. The highest BCUT2D eigenvalue weighted by Crippen LogP contribution is 2.42. The largest absolute Gasteiger partial charge is 0.344 e. The Labute approximate surface area is 234 Å². The van der Waals surface area contributed by atoms with Gasteiger partial charge in [0, 0.05) is 28.9 Å². The molecule has 2 aliphatic rings. The first-order chi connectivity index (χ1) is 19.7. The lowest BCUT2D eigenvalue weighted by molar-refractivity contribution is 1.01.